The van der Waals surface area contributed by atoms with Crippen LogP contribution in [0, 0.1) is 0 Å². The minimum atomic E-state index is 0.0652. The van der Waals surface area contributed by atoms with E-state index >= 15 is 0 Å². The summed E-state index contributed by atoms with van der Waals surface area (Å²) in [5.74, 6) is 0.866. The van der Waals surface area contributed by atoms with E-state index in [0.29, 0.717) is 17.9 Å². The number of nitrogens with two attached hydrogens (primary N) is 1. The van der Waals surface area contributed by atoms with Crippen LogP contribution in [-0.2, 0) is 6.42 Å². The highest BCUT2D eigenvalue weighted by molar-refractivity contribution is 5.75. The molecule has 0 bridgehead atoms. The first-order valence-corrected chi connectivity index (χ1v) is 7.70. The Hall–Kier alpha value is -2.88. The Kier molecular flexibility index (Phi) is 5.53. The predicted octanol–water partition coefficient (Wildman–Crippen LogP) is 4.37. The molecule has 4 heteroatoms. The smallest absolute Gasteiger partial charge is 0.138 e. The third-order valence-electron chi connectivity index (χ3n) is 3.67. The number of methoxy groups -OCH3 is 1. The molecule has 0 unspecified atom stereocenters. The van der Waals surface area contributed by atoms with Crippen LogP contribution in [0.2, 0.25) is 0 Å². The van der Waals surface area contributed by atoms with Crippen LogP contribution in [0.5, 0.6) is 17.2 Å². The summed E-state index contributed by atoms with van der Waals surface area (Å²) in [6.07, 6.45) is 6.62. The van der Waals surface area contributed by atoms with Gasteiger partial charge in [-0.15, -0.1) is 0 Å². The van der Waals surface area contributed by atoms with E-state index in [9.17, 15) is 10.2 Å². The molecule has 0 aliphatic heterocycles. The number of ether oxygens (including phenoxy) is 1. The van der Waals surface area contributed by atoms with Crippen molar-refractivity contribution in [3.05, 3.63) is 58.7 Å². The average molecular weight is 325 g/mol. The Bertz CT molecular complexity index is 788. The van der Waals surface area contributed by atoms with Gasteiger partial charge in [0, 0.05) is 11.6 Å². The second kappa shape index (κ2) is 7.59. The summed E-state index contributed by atoms with van der Waals surface area (Å²) in [6, 6.07) is 8.35. The number of nitrogen functional groups attached to an aromatic ring is 1. The van der Waals surface area contributed by atoms with Crippen molar-refractivity contribution in [2.24, 2.45) is 0 Å². The molecule has 2 aromatic rings. The SMILES string of the molecule is COc1cc(O)cc(C=Cc2ccc(O)c(N)c2)c1CC=C(C)C. The molecule has 2 aromatic carbocycles. The number of aromatic hydroxyl groups is 2. The molecule has 0 aliphatic rings. The van der Waals surface area contributed by atoms with Gasteiger partial charge >= 0.3 is 0 Å². The lowest BCUT2D eigenvalue weighted by Crippen LogP contribution is -1.95. The van der Waals surface area contributed by atoms with Crippen LogP contribution in [0.4, 0.5) is 5.69 Å². The van der Waals surface area contributed by atoms with Crippen LogP contribution < -0.4 is 10.5 Å². The summed E-state index contributed by atoms with van der Waals surface area (Å²) in [5.41, 5.74) is 9.99. The molecule has 126 valence electrons. The zero-order valence-corrected chi connectivity index (χ0v) is 14.2. The monoisotopic (exact) mass is 325 g/mol. The number of phenolic OH excluding ortho intramolecular Hbond substituents is 2. The topological polar surface area (TPSA) is 75.7 Å². The fourth-order valence-electron chi connectivity index (χ4n) is 2.37. The van der Waals surface area contributed by atoms with Gasteiger partial charge in [-0.25, -0.2) is 0 Å². The zero-order valence-electron chi connectivity index (χ0n) is 14.2. The summed E-state index contributed by atoms with van der Waals surface area (Å²) >= 11 is 0. The molecule has 0 radical (unpaired) electrons. The molecule has 0 amide bonds. The maximum absolute atomic E-state index is 9.92. The van der Waals surface area contributed by atoms with Gasteiger partial charge in [0.15, 0.2) is 0 Å². The van der Waals surface area contributed by atoms with E-state index in [2.05, 4.69) is 6.08 Å². The molecule has 4 nitrogen and oxygen atoms in total. The summed E-state index contributed by atoms with van der Waals surface area (Å²) in [7, 11) is 1.59. The Morgan fingerprint density at radius 2 is 1.88 bits per heavy atom. The van der Waals surface area contributed by atoms with E-state index in [1.54, 1.807) is 37.4 Å². The molecular formula is C20H23NO3. The normalized spacial score (nSPS) is 10.8. The summed E-state index contributed by atoms with van der Waals surface area (Å²) in [5, 5.41) is 19.4. The number of hydrogen-bond acceptors (Lipinski definition) is 4. The van der Waals surface area contributed by atoms with Crippen molar-refractivity contribution in [2.45, 2.75) is 20.3 Å². The van der Waals surface area contributed by atoms with Crippen molar-refractivity contribution >= 4 is 17.8 Å². The maximum Gasteiger partial charge on any atom is 0.138 e. The van der Waals surface area contributed by atoms with Gasteiger partial charge < -0.3 is 20.7 Å². The second-order valence-electron chi connectivity index (χ2n) is 5.85. The molecule has 0 spiro atoms. The second-order valence-corrected chi connectivity index (χ2v) is 5.85. The molecule has 2 rings (SSSR count). The Morgan fingerprint density at radius 3 is 2.50 bits per heavy atom. The standard InChI is InChI=1S/C20H23NO3/c1-13(2)4-8-17-15(11-16(22)12-20(17)24-3)7-5-14-6-9-19(23)18(21)10-14/h4-7,9-12,22-23H,8,21H2,1-3H3. The molecule has 0 saturated carbocycles. The van der Waals surface area contributed by atoms with Crippen molar-refractivity contribution < 1.29 is 14.9 Å². The van der Waals surface area contributed by atoms with E-state index in [4.69, 9.17) is 10.5 Å². The van der Waals surface area contributed by atoms with Crippen LogP contribution in [0.15, 0.2) is 42.0 Å². The Labute approximate surface area is 142 Å². The third kappa shape index (κ3) is 4.32. The van der Waals surface area contributed by atoms with Crippen LogP contribution in [-0.4, -0.2) is 17.3 Å². The van der Waals surface area contributed by atoms with Crippen LogP contribution in [0.1, 0.15) is 30.5 Å². The van der Waals surface area contributed by atoms with Gasteiger partial charge in [0.25, 0.3) is 0 Å². The minimum Gasteiger partial charge on any atom is -0.508 e. The van der Waals surface area contributed by atoms with Crippen LogP contribution in [0.25, 0.3) is 12.2 Å². The van der Waals surface area contributed by atoms with E-state index in [0.717, 1.165) is 16.7 Å². The fourth-order valence-corrected chi connectivity index (χ4v) is 2.37. The molecule has 0 aromatic heterocycles. The lowest BCUT2D eigenvalue weighted by Gasteiger charge is -2.12. The first-order valence-electron chi connectivity index (χ1n) is 7.70. The average Bonchev–Trinajstić information content (AvgIpc) is 2.54. The predicted molar refractivity (Wildman–Crippen MR) is 99.2 cm³/mol. The minimum absolute atomic E-state index is 0.0652. The largest absolute Gasteiger partial charge is 0.508 e. The number of allylic oxidation sites excluding steroid dienone is 2. The molecule has 0 aliphatic carbocycles. The van der Waals surface area contributed by atoms with Crippen molar-refractivity contribution in [2.75, 3.05) is 12.8 Å². The first kappa shape index (κ1) is 17.5. The van der Waals surface area contributed by atoms with Crippen molar-refractivity contribution in [3.8, 4) is 17.2 Å². The summed E-state index contributed by atoms with van der Waals surface area (Å²) in [4.78, 5) is 0. The van der Waals surface area contributed by atoms with Crippen LogP contribution in [0.3, 0.4) is 0 Å². The lowest BCUT2D eigenvalue weighted by atomic mass is 10.00. The Balaban J connectivity index is 2.43. The van der Waals surface area contributed by atoms with Crippen molar-refractivity contribution in [1.82, 2.24) is 0 Å². The summed E-state index contributed by atoms with van der Waals surface area (Å²) < 4.78 is 5.41. The zero-order chi connectivity index (χ0) is 17.7. The maximum atomic E-state index is 9.92. The van der Waals surface area contributed by atoms with Gasteiger partial charge in [-0.05, 0) is 49.6 Å². The van der Waals surface area contributed by atoms with Gasteiger partial charge in [0.1, 0.15) is 17.2 Å². The molecule has 0 fully saturated rings. The fraction of sp³-hybridized carbons (Fsp3) is 0.200. The van der Waals surface area contributed by atoms with Gasteiger partial charge in [-0.2, -0.15) is 0 Å². The van der Waals surface area contributed by atoms with E-state index < -0.39 is 0 Å². The number of hydrogen-bond donors (Lipinski definition) is 3. The number of benzene rings is 2. The highest BCUT2D eigenvalue weighted by Gasteiger charge is 2.09. The molecule has 24 heavy (non-hydrogen) atoms. The highest BCUT2D eigenvalue weighted by atomic mass is 16.5. The lowest BCUT2D eigenvalue weighted by molar-refractivity contribution is 0.403. The summed E-state index contributed by atoms with van der Waals surface area (Å²) in [6.45, 7) is 4.09. The number of rotatable bonds is 5. The number of anilines is 1. The first-order chi connectivity index (χ1) is 11.4. The van der Waals surface area contributed by atoms with Crippen molar-refractivity contribution in [3.63, 3.8) is 0 Å². The van der Waals surface area contributed by atoms with Gasteiger partial charge in [-0.1, -0.05) is 29.9 Å². The van der Waals surface area contributed by atoms with E-state index in [-0.39, 0.29) is 11.5 Å². The van der Waals surface area contributed by atoms with Gasteiger partial charge in [-0.3, -0.25) is 0 Å². The Morgan fingerprint density at radius 1 is 1.12 bits per heavy atom. The van der Waals surface area contributed by atoms with E-state index in [1.807, 2.05) is 26.0 Å². The van der Waals surface area contributed by atoms with E-state index in [1.165, 1.54) is 5.57 Å². The van der Waals surface area contributed by atoms with Crippen molar-refractivity contribution in [1.29, 1.82) is 0 Å². The third-order valence-corrected chi connectivity index (χ3v) is 3.67. The molecular weight excluding hydrogens is 302 g/mol. The number of phenols is 2. The molecule has 4 N–H and O–H groups in total. The molecule has 0 heterocycles. The molecule has 0 atom stereocenters. The van der Waals surface area contributed by atoms with Gasteiger partial charge in [0.05, 0.1) is 12.8 Å². The van der Waals surface area contributed by atoms with Crippen LogP contribution >= 0.6 is 0 Å². The highest BCUT2D eigenvalue weighted by Crippen LogP contribution is 2.31. The van der Waals surface area contributed by atoms with Gasteiger partial charge in [0.2, 0.25) is 0 Å². The molecule has 0 saturated heterocycles. The quantitative estimate of drug-likeness (QED) is 0.330.